The predicted molar refractivity (Wildman–Crippen MR) is 102 cm³/mol. The number of benzene rings is 1. The van der Waals surface area contributed by atoms with Crippen LogP contribution in [0.4, 0.5) is 5.95 Å². The summed E-state index contributed by atoms with van der Waals surface area (Å²) in [4.78, 5) is 24.9. The molecule has 0 bridgehead atoms. The number of pyridine rings is 2. The number of hydrogen-bond donors (Lipinski definition) is 2. The molecule has 0 atom stereocenters. The van der Waals surface area contributed by atoms with Crippen molar-refractivity contribution in [3.63, 3.8) is 0 Å². The van der Waals surface area contributed by atoms with Crippen molar-refractivity contribution in [2.75, 3.05) is 5.73 Å². The van der Waals surface area contributed by atoms with Gasteiger partial charge in [-0.15, -0.1) is 0 Å². The van der Waals surface area contributed by atoms with E-state index in [0.717, 1.165) is 32.8 Å². The Morgan fingerprint density at radius 3 is 2.12 bits per heavy atom. The van der Waals surface area contributed by atoms with Crippen molar-refractivity contribution in [1.29, 1.82) is 0 Å². The van der Waals surface area contributed by atoms with E-state index >= 15 is 0 Å². The van der Waals surface area contributed by atoms with Gasteiger partial charge in [-0.05, 0) is 24.3 Å². The summed E-state index contributed by atoms with van der Waals surface area (Å²) in [6.07, 6.45) is 3.47. The van der Waals surface area contributed by atoms with Crippen LogP contribution < -0.4 is 5.73 Å². The number of imidazole rings is 1. The molecule has 126 valence electrons. The summed E-state index contributed by atoms with van der Waals surface area (Å²) in [6.45, 7) is 0. The van der Waals surface area contributed by atoms with Crippen LogP contribution >= 0.6 is 23.2 Å². The SMILES string of the molecule is Nc1nc(Cl)c(-c2nc3c4cccnc4c4ncccc4c3[nH]2)c(Cl)n1. The highest BCUT2D eigenvalue weighted by Gasteiger charge is 2.19. The van der Waals surface area contributed by atoms with E-state index in [9.17, 15) is 0 Å². The van der Waals surface area contributed by atoms with Crippen LogP contribution in [0.5, 0.6) is 0 Å². The molecule has 0 radical (unpaired) electrons. The first-order chi connectivity index (χ1) is 12.6. The molecule has 0 amide bonds. The van der Waals surface area contributed by atoms with Crippen LogP contribution in [0.15, 0.2) is 36.7 Å². The lowest BCUT2D eigenvalue weighted by atomic mass is 10.1. The number of aromatic nitrogens is 6. The van der Waals surface area contributed by atoms with Crippen LogP contribution in [0.1, 0.15) is 0 Å². The Kier molecular flexibility index (Phi) is 3.22. The zero-order chi connectivity index (χ0) is 17.8. The van der Waals surface area contributed by atoms with Gasteiger partial charge in [-0.3, -0.25) is 9.97 Å². The maximum atomic E-state index is 6.23. The van der Waals surface area contributed by atoms with Crippen molar-refractivity contribution in [2.45, 2.75) is 0 Å². The van der Waals surface area contributed by atoms with Crippen molar-refractivity contribution < 1.29 is 0 Å². The van der Waals surface area contributed by atoms with E-state index in [1.807, 2.05) is 24.3 Å². The number of H-pyrrole nitrogens is 1. The quantitative estimate of drug-likeness (QED) is 0.335. The number of rotatable bonds is 1. The average molecular weight is 382 g/mol. The van der Waals surface area contributed by atoms with Crippen LogP contribution in [-0.4, -0.2) is 29.9 Å². The maximum Gasteiger partial charge on any atom is 0.222 e. The average Bonchev–Trinajstić information content (AvgIpc) is 3.06. The minimum absolute atomic E-state index is 0.00385. The number of hydrogen-bond acceptors (Lipinski definition) is 6. The van der Waals surface area contributed by atoms with Crippen LogP contribution in [0.3, 0.4) is 0 Å². The molecular weight excluding hydrogens is 373 g/mol. The Labute approximate surface area is 156 Å². The molecule has 9 heteroatoms. The topological polar surface area (TPSA) is 106 Å². The largest absolute Gasteiger partial charge is 0.368 e. The Morgan fingerprint density at radius 1 is 0.808 bits per heavy atom. The van der Waals surface area contributed by atoms with Gasteiger partial charge in [0.05, 0.1) is 27.6 Å². The third-order valence-electron chi connectivity index (χ3n) is 4.14. The first-order valence-corrected chi connectivity index (χ1v) is 8.39. The van der Waals surface area contributed by atoms with Gasteiger partial charge in [-0.25, -0.2) is 15.0 Å². The lowest BCUT2D eigenvalue weighted by Gasteiger charge is -2.03. The molecule has 5 rings (SSSR count). The predicted octanol–water partition coefficient (Wildman–Crippen LogP) is 4.01. The molecule has 0 aliphatic carbocycles. The van der Waals surface area contributed by atoms with Crippen molar-refractivity contribution in [1.82, 2.24) is 29.9 Å². The van der Waals surface area contributed by atoms with E-state index in [-0.39, 0.29) is 16.3 Å². The Bertz CT molecular complexity index is 1230. The van der Waals surface area contributed by atoms with Crippen LogP contribution in [0.25, 0.3) is 44.2 Å². The second-order valence-electron chi connectivity index (χ2n) is 5.65. The van der Waals surface area contributed by atoms with Gasteiger partial charge in [-0.1, -0.05) is 23.2 Å². The summed E-state index contributed by atoms with van der Waals surface area (Å²) in [6, 6.07) is 7.63. The third kappa shape index (κ3) is 2.11. The van der Waals surface area contributed by atoms with E-state index in [1.165, 1.54) is 0 Å². The maximum absolute atomic E-state index is 6.23. The molecule has 0 saturated heterocycles. The Hall–Kier alpha value is -3.03. The smallest absolute Gasteiger partial charge is 0.222 e. The zero-order valence-corrected chi connectivity index (χ0v) is 14.5. The highest BCUT2D eigenvalue weighted by atomic mass is 35.5. The van der Waals surface area contributed by atoms with Gasteiger partial charge in [0.25, 0.3) is 0 Å². The molecule has 0 unspecified atom stereocenters. The van der Waals surface area contributed by atoms with Crippen molar-refractivity contribution in [2.24, 2.45) is 0 Å². The minimum Gasteiger partial charge on any atom is -0.368 e. The van der Waals surface area contributed by atoms with Crippen molar-refractivity contribution in [3.8, 4) is 11.4 Å². The molecule has 0 aliphatic heterocycles. The summed E-state index contributed by atoms with van der Waals surface area (Å²) >= 11 is 12.5. The van der Waals surface area contributed by atoms with Crippen molar-refractivity contribution >= 4 is 62.0 Å². The van der Waals surface area contributed by atoms with E-state index in [4.69, 9.17) is 33.9 Å². The lowest BCUT2D eigenvalue weighted by Crippen LogP contribution is -1.98. The number of fused-ring (bicyclic) bond motifs is 6. The fraction of sp³-hybridized carbons (Fsp3) is 0. The lowest BCUT2D eigenvalue weighted by molar-refractivity contribution is 1.17. The van der Waals surface area contributed by atoms with Gasteiger partial charge in [0.1, 0.15) is 16.1 Å². The number of nitrogen functional groups attached to an aromatic ring is 1. The zero-order valence-electron chi connectivity index (χ0n) is 13.0. The number of nitrogens with one attached hydrogen (secondary N) is 1. The number of anilines is 1. The third-order valence-corrected chi connectivity index (χ3v) is 4.69. The molecule has 0 saturated carbocycles. The molecule has 0 aliphatic rings. The van der Waals surface area contributed by atoms with Gasteiger partial charge in [-0.2, -0.15) is 0 Å². The molecule has 0 spiro atoms. The Balaban J connectivity index is 1.95. The fourth-order valence-corrected chi connectivity index (χ4v) is 3.66. The van der Waals surface area contributed by atoms with Gasteiger partial charge in [0.15, 0.2) is 0 Å². The molecular formula is C17H9Cl2N7. The standard InChI is InChI=1S/C17H9Cl2N7/c18-14-9(15(19)26-17(20)25-14)16-23-12-7-3-1-5-21-10(7)11-8(13(12)24-16)4-2-6-22-11/h1-6H,(H,23,24)(H2,20,25,26). The van der Waals surface area contributed by atoms with Gasteiger partial charge in [0.2, 0.25) is 5.95 Å². The molecule has 5 aromatic rings. The summed E-state index contributed by atoms with van der Waals surface area (Å²) in [7, 11) is 0. The van der Waals surface area contributed by atoms with E-state index in [1.54, 1.807) is 12.4 Å². The van der Waals surface area contributed by atoms with Crippen LogP contribution in [0, 0.1) is 0 Å². The molecule has 4 aromatic heterocycles. The summed E-state index contributed by atoms with van der Waals surface area (Å²) in [5.74, 6) is 0.459. The molecule has 3 N–H and O–H groups in total. The first kappa shape index (κ1) is 15.2. The summed E-state index contributed by atoms with van der Waals surface area (Å²) in [5.41, 5.74) is 9.11. The second-order valence-corrected chi connectivity index (χ2v) is 6.36. The number of halogens is 2. The molecule has 26 heavy (non-hydrogen) atoms. The van der Waals surface area contributed by atoms with Gasteiger partial charge in [0, 0.05) is 23.2 Å². The fourth-order valence-electron chi connectivity index (χ4n) is 3.08. The molecule has 4 heterocycles. The molecule has 7 nitrogen and oxygen atoms in total. The normalized spacial score (nSPS) is 11.6. The van der Waals surface area contributed by atoms with E-state index in [0.29, 0.717) is 11.4 Å². The summed E-state index contributed by atoms with van der Waals surface area (Å²) < 4.78 is 0. The number of nitrogens with two attached hydrogens (primary N) is 1. The first-order valence-electron chi connectivity index (χ1n) is 7.63. The van der Waals surface area contributed by atoms with Gasteiger partial charge < -0.3 is 10.7 Å². The summed E-state index contributed by atoms with van der Waals surface area (Å²) in [5, 5.41) is 2.04. The molecule has 0 fully saturated rings. The van der Waals surface area contributed by atoms with E-state index < -0.39 is 0 Å². The van der Waals surface area contributed by atoms with Crippen LogP contribution in [0.2, 0.25) is 10.3 Å². The van der Waals surface area contributed by atoms with Crippen molar-refractivity contribution in [3.05, 3.63) is 47.0 Å². The highest BCUT2D eigenvalue weighted by molar-refractivity contribution is 6.37. The highest BCUT2D eigenvalue weighted by Crippen LogP contribution is 2.36. The monoisotopic (exact) mass is 381 g/mol. The number of nitrogens with zero attached hydrogens (tertiary/aromatic N) is 5. The van der Waals surface area contributed by atoms with E-state index in [2.05, 4.69) is 24.9 Å². The Morgan fingerprint density at radius 2 is 1.42 bits per heavy atom. The van der Waals surface area contributed by atoms with Crippen LogP contribution in [-0.2, 0) is 0 Å². The number of aromatic amines is 1. The minimum atomic E-state index is 0.00385. The van der Waals surface area contributed by atoms with Gasteiger partial charge >= 0.3 is 0 Å². The molecule has 1 aromatic carbocycles. The second kappa shape index (κ2) is 5.48.